The Hall–Kier alpha value is -1.27. The third-order valence-corrected chi connectivity index (χ3v) is 6.48. The highest BCUT2D eigenvalue weighted by molar-refractivity contribution is 9.10. The first-order chi connectivity index (χ1) is 13.2. The van der Waals surface area contributed by atoms with Gasteiger partial charge in [0.25, 0.3) is 0 Å². The van der Waals surface area contributed by atoms with E-state index < -0.39 is 0 Å². The minimum Gasteiger partial charge on any atom is -0.369 e. The largest absolute Gasteiger partial charge is 0.369 e. The highest BCUT2D eigenvalue weighted by Gasteiger charge is 2.34. The Morgan fingerprint density at radius 1 is 1.11 bits per heavy atom. The first kappa shape index (κ1) is 19.1. The summed E-state index contributed by atoms with van der Waals surface area (Å²) in [7, 11) is 0. The quantitative estimate of drug-likeness (QED) is 0.534. The van der Waals surface area contributed by atoms with E-state index >= 15 is 0 Å². The molecule has 5 nitrogen and oxygen atoms in total. The molecule has 2 N–H and O–H groups in total. The van der Waals surface area contributed by atoms with Gasteiger partial charge in [0.15, 0.2) is 5.96 Å². The van der Waals surface area contributed by atoms with Crippen LogP contribution in [-0.4, -0.2) is 62.2 Å². The number of nitrogens with zero attached hydrogens (tertiary/aromatic N) is 3. The summed E-state index contributed by atoms with van der Waals surface area (Å²) in [6.07, 6.45) is 5.28. The predicted molar refractivity (Wildman–Crippen MR) is 117 cm³/mol. The van der Waals surface area contributed by atoms with Crippen molar-refractivity contribution in [1.82, 2.24) is 15.5 Å². The number of halogens is 1. The first-order valence-corrected chi connectivity index (χ1v) is 11.3. The summed E-state index contributed by atoms with van der Waals surface area (Å²) in [6, 6.07) is 9.98. The summed E-state index contributed by atoms with van der Waals surface area (Å²) < 4.78 is 1.13. The highest BCUT2D eigenvalue weighted by Crippen LogP contribution is 2.31. The molecule has 0 radical (unpaired) electrons. The van der Waals surface area contributed by atoms with Gasteiger partial charge < -0.3 is 20.4 Å². The molecule has 0 bridgehead atoms. The summed E-state index contributed by atoms with van der Waals surface area (Å²) in [5, 5.41) is 7.12. The molecule has 2 heterocycles. The lowest BCUT2D eigenvalue weighted by Gasteiger charge is -2.21. The van der Waals surface area contributed by atoms with Gasteiger partial charge >= 0.3 is 0 Å². The lowest BCUT2D eigenvalue weighted by Crippen LogP contribution is -2.45. The smallest absolute Gasteiger partial charge is 0.191 e. The van der Waals surface area contributed by atoms with Crippen molar-refractivity contribution in [2.45, 2.75) is 44.7 Å². The Kier molecular flexibility index (Phi) is 6.23. The lowest BCUT2D eigenvalue weighted by atomic mass is 10.1. The minimum absolute atomic E-state index is 0.456. The van der Waals surface area contributed by atoms with Gasteiger partial charge in [-0.1, -0.05) is 15.9 Å². The standard InChI is InChI=1S/C21H32BrN5/c1-2-23-21(24-13-16-9-11-26(14-16)20-7-8-20)25-18-10-12-27(15-18)19-5-3-17(22)4-6-19/h3-6,16,18,20H,2,7-15H2,1H3,(H2,23,24,25). The number of likely N-dealkylation sites (tertiary alicyclic amines) is 1. The molecule has 3 fully saturated rings. The number of rotatable bonds is 6. The Morgan fingerprint density at radius 3 is 2.67 bits per heavy atom. The van der Waals surface area contributed by atoms with Gasteiger partial charge in [0.05, 0.1) is 0 Å². The van der Waals surface area contributed by atoms with E-state index in [-0.39, 0.29) is 0 Å². The molecule has 2 atom stereocenters. The summed E-state index contributed by atoms with van der Waals surface area (Å²) in [6.45, 7) is 8.65. The molecule has 0 aromatic heterocycles. The topological polar surface area (TPSA) is 42.9 Å². The van der Waals surface area contributed by atoms with Gasteiger partial charge in [-0.25, -0.2) is 0 Å². The zero-order valence-electron chi connectivity index (χ0n) is 16.3. The van der Waals surface area contributed by atoms with Crippen LogP contribution in [0.3, 0.4) is 0 Å². The molecule has 0 spiro atoms. The normalized spacial score (nSPS) is 26.6. The Balaban J connectivity index is 1.28. The van der Waals surface area contributed by atoms with Crippen LogP contribution in [0, 0.1) is 5.92 Å². The van der Waals surface area contributed by atoms with Crippen LogP contribution in [0.25, 0.3) is 0 Å². The van der Waals surface area contributed by atoms with Gasteiger partial charge in [0, 0.05) is 55.0 Å². The van der Waals surface area contributed by atoms with Crippen molar-refractivity contribution in [3.8, 4) is 0 Å². The molecular weight excluding hydrogens is 402 g/mol. The number of anilines is 1. The fourth-order valence-electron chi connectivity index (χ4n) is 4.28. The third kappa shape index (κ3) is 5.17. The van der Waals surface area contributed by atoms with Crippen molar-refractivity contribution < 1.29 is 0 Å². The molecule has 2 saturated heterocycles. The van der Waals surface area contributed by atoms with Crippen molar-refractivity contribution in [2.24, 2.45) is 10.9 Å². The Bertz CT molecular complexity index is 642. The summed E-state index contributed by atoms with van der Waals surface area (Å²) >= 11 is 3.52. The van der Waals surface area contributed by atoms with Crippen LogP contribution in [0.5, 0.6) is 0 Å². The molecular formula is C21H32BrN5. The van der Waals surface area contributed by atoms with Crippen molar-refractivity contribution in [3.63, 3.8) is 0 Å². The van der Waals surface area contributed by atoms with E-state index in [1.54, 1.807) is 0 Å². The van der Waals surface area contributed by atoms with Gasteiger partial charge in [-0.3, -0.25) is 4.99 Å². The average Bonchev–Trinajstić information content (AvgIpc) is 3.23. The van der Waals surface area contributed by atoms with Gasteiger partial charge in [-0.15, -0.1) is 0 Å². The van der Waals surface area contributed by atoms with Gasteiger partial charge in [-0.2, -0.15) is 0 Å². The van der Waals surface area contributed by atoms with E-state index in [0.717, 1.165) is 55.0 Å². The van der Waals surface area contributed by atoms with Gasteiger partial charge in [-0.05, 0) is 69.3 Å². The second-order valence-corrected chi connectivity index (χ2v) is 9.07. The molecule has 27 heavy (non-hydrogen) atoms. The maximum Gasteiger partial charge on any atom is 0.191 e. The maximum absolute atomic E-state index is 4.93. The third-order valence-electron chi connectivity index (χ3n) is 5.95. The van der Waals surface area contributed by atoms with Crippen LogP contribution in [-0.2, 0) is 0 Å². The Morgan fingerprint density at radius 2 is 1.93 bits per heavy atom. The second-order valence-electron chi connectivity index (χ2n) is 8.15. The molecule has 1 aromatic rings. The van der Waals surface area contributed by atoms with Gasteiger partial charge in [0.2, 0.25) is 0 Å². The van der Waals surface area contributed by atoms with Crippen molar-refractivity contribution in [2.75, 3.05) is 44.2 Å². The number of hydrogen-bond acceptors (Lipinski definition) is 3. The average molecular weight is 434 g/mol. The molecule has 3 aliphatic rings. The van der Waals surface area contributed by atoms with E-state index in [1.165, 1.54) is 38.0 Å². The molecule has 1 aliphatic carbocycles. The van der Waals surface area contributed by atoms with Crippen molar-refractivity contribution >= 4 is 27.6 Å². The molecule has 1 aromatic carbocycles. The van der Waals surface area contributed by atoms with Crippen LogP contribution < -0.4 is 15.5 Å². The highest BCUT2D eigenvalue weighted by atomic mass is 79.9. The van der Waals surface area contributed by atoms with Crippen LogP contribution in [0.2, 0.25) is 0 Å². The minimum atomic E-state index is 0.456. The molecule has 2 aliphatic heterocycles. The van der Waals surface area contributed by atoms with Crippen LogP contribution in [0.15, 0.2) is 33.7 Å². The maximum atomic E-state index is 4.93. The summed E-state index contributed by atoms with van der Waals surface area (Å²) in [4.78, 5) is 10.1. The van der Waals surface area contributed by atoms with E-state index in [2.05, 4.69) is 67.6 Å². The summed E-state index contributed by atoms with van der Waals surface area (Å²) in [5.41, 5.74) is 1.30. The Labute approximate surface area is 171 Å². The number of guanidine groups is 1. The van der Waals surface area contributed by atoms with Crippen LogP contribution in [0.1, 0.15) is 32.6 Å². The van der Waals surface area contributed by atoms with Gasteiger partial charge in [0.1, 0.15) is 0 Å². The zero-order chi connectivity index (χ0) is 18.6. The van der Waals surface area contributed by atoms with E-state index in [0.29, 0.717) is 6.04 Å². The number of nitrogens with one attached hydrogen (secondary N) is 2. The number of benzene rings is 1. The van der Waals surface area contributed by atoms with Crippen LogP contribution >= 0.6 is 15.9 Å². The van der Waals surface area contributed by atoms with Crippen molar-refractivity contribution in [3.05, 3.63) is 28.7 Å². The lowest BCUT2D eigenvalue weighted by molar-refractivity contribution is 0.315. The van der Waals surface area contributed by atoms with Crippen molar-refractivity contribution in [1.29, 1.82) is 0 Å². The molecule has 1 saturated carbocycles. The molecule has 2 unspecified atom stereocenters. The van der Waals surface area contributed by atoms with E-state index in [9.17, 15) is 0 Å². The monoisotopic (exact) mass is 433 g/mol. The molecule has 6 heteroatoms. The molecule has 0 amide bonds. The first-order valence-electron chi connectivity index (χ1n) is 10.5. The second kappa shape index (κ2) is 8.82. The SMILES string of the molecule is CCNC(=NCC1CCN(C2CC2)C1)NC1CCN(c2ccc(Br)cc2)C1. The molecule has 4 rings (SSSR count). The summed E-state index contributed by atoms with van der Waals surface area (Å²) in [5.74, 6) is 1.72. The fourth-order valence-corrected chi connectivity index (χ4v) is 4.55. The fraction of sp³-hybridized carbons (Fsp3) is 0.667. The van der Waals surface area contributed by atoms with E-state index in [1.807, 2.05) is 0 Å². The van der Waals surface area contributed by atoms with Crippen LogP contribution in [0.4, 0.5) is 5.69 Å². The number of aliphatic imine (C=N–C) groups is 1. The number of hydrogen-bond donors (Lipinski definition) is 2. The van der Waals surface area contributed by atoms with E-state index in [4.69, 9.17) is 4.99 Å². The predicted octanol–water partition coefficient (Wildman–Crippen LogP) is 3.07. The molecule has 148 valence electrons. The zero-order valence-corrected chi connectivity index (χ0v) is 17.9.